The highest BCUT2D eigenvalue weighted by molar-refractivity contribution is 14.0. The molecule has 4 rings (SSSR count). The molecule has 1 aromatic carbocycles. The number of nitrogens with one attached hydrogen (secondary N) is 1. The summed E-state index contributed by atoms with van der Waals surface area (Å²) in [6.07, 6.45) is 3.84. The van der Waals surface area contributed by atoms with E-state index in [-0.39, 0.29) is 24.0 Å². The number of hydrogen-bond acceptors (Lipinski definition) is 4. The fourth-order valence-electron chi connectivity index (χ4n) is 4.99. The molecular formula is C23H38IN5O. The van der Waals surface area contributed by atoms with Gasteiger partial charge in [-0.2, -0.15) is 0 Å². The van der Waals surface area contributed by atoms with E-state index in [0.717, 1.165) is 51.9 Å². The molecule has 0 spiro atoms. The smallest absolute Gasteiger partial charge is 0.193 e. The zero-order valence-corrected chi connectivity index (χ0v) is 20.9. The van der Waals surface area contributed by atoms with Crippen LogP contribution < -0.4 is 5.32 Å². The van der Waals surface area contributed by atoms with Crippen LogP contribution in [0.5, 0.6) is 0 Å². The third kappa shape index (κ3) is 5.87. The predicted molar refractivity (Wildman–Crippen MR) is 134 cm³/mol. The summed E-state index contributed by atoms with van der Waals surface area (Å²) in [5.74, 6) is 1.05. The van der Waals surface area contributed by atoms with Crippen molar-refractivity contribution in [2.45, 2.75) is 38.3 Å². The van der Waals surface area contributed by atoms with Gasteiger partial charge in [0.1, 0.15) is 0 Å². The molecule has 3 heterocycles. The van der Waals surface area contributed by atoms with Crippen molar-refractivity contribution in [2.24, 2.45) is 4.99 Å². The van der Waals surface area contributed by atoms with Crippen molar-refractivity contribution < 1.29 is 4.74 Å². The number of benzene rings is 1. The lowest BCUT2D eigenvalue weighted by atomic mass is 10.0. The minimum Gasteiger partial charge on any atom is -0.379 e. The van der Waals surface area contributed by atoms with Crippen LogP contribution in [0.1, 0.15) is 36.4 Å². The molecule has 0 radical (unpaired) electrons. The van der Waals surface area contributed by atoms with E-state index in [9.17, 15) is 0 Å². The molecule has 1 N–H and O–H groups in total. The molecule has 3 saturated heterocycles. The number of morpholine rings is 1. The molecule has 2 unspecified atom stereocenters. The van der Waals surface area contributed by atoms with Crippen molar-refractivity contribution in [3.63, 3.8) is 0 Å². The van der Waals surface area contributed by atoms with Gasteiger partial charge in [0, 0.05) is 45.8 Å². The average molecular weight is 527 g/mol. The van der Waals surface area contributed by atoms with Gasteiger partial charge in [0.2, 0.25) is 0 Å². The van der Waals surface area contributed by atoms with E-state index < -0.39 is 0 Å². The van der Waals surface area contributed by atoms with E-state index in [1.165, 1.54) is 43.5 Å². The minimum atomic E-state index is 0. The minimum absolute atomic E-state index is 0. The molecule has 0 bridgehead atoms. The predicted octanol–water partition coefficient (Wildman–Crippen LogP) is 2.73. The molecule has 6 nitrogen and oxygen atoms in total. The van der Waals surface area contributed by atoms with Crippen molar-refractivity contribution >= 4 is 29.9 Å². The van der Waals surface area contributed by atoms with Crippen molar-refractivity contribution in [3.8, 4) is 0 Å². The van der Waals surface area contributed by atoms with Crippen LogP contribution in [0.25, 0.3) is 0 Å². The maximum atomic E-state index is 5.52. The second-order valence-electron chi connectivity index (χ2n) is 8.63. The summed E-state index contributed by atoms with van der Waals surface area (Å²) in [5, 5.41) is 3.72. The van der Waals surface area contributed by atoms with E-state index in [2.05, 4.69) is 56.2 Å². The third-order valence-corrected chi connectivity index (χ3v) is 6.73. The SMILES string of the molecule is CN=C(NCC(c1ccc(C)cc1)N1CCCC1)N1CCC(N2CCOCC2)C1.I. The van der Waals surface area contributed by atoms with E-state index in [1.807, 2.05) is 7.05 Å². The molecule has 3 aliphatic heterocycles. The standard InChI is InChI=1S/C23H37N5O.HI/c1-19-5-7-20(8-6-19)22(27-10-3-4-11-27)17-25-23(24-2)28-12-9-21(18-28)26-13-15-29-16-14-26;/h5-8,21-22H,3-4,9-18H2,1-2H3,(H,24,25);1H. The molecule has 7 heteroatoms. The van der Waals surface area contributed by atoms with E-state index in [0.29, 0.717) is 12.1 Å². The summed E-state index contributed by atoms with van der Waals surface area (Å²) >= 11 is 0. The summed E-state index contributed by atoms with van der Waals surface area (Å²) in [5.41, 5.74) is 2.73. The maximum absolute atomic E-state index is 5.52. The third-order valence-electron chi connectivity index (χ3n) is 6.73. The molecule has 0 aromatic heterocycles. The summed E-state index contributed by atoms with van der Waals surface area (Å²) in [7, 11) is 1.92. The van der Waals surface area contributed by atoms with E-state index in [1.54, 1.807) is 0 Å². The van der Waals surface area contributed by atoms with Crippen LogP contribution in [0.4, 0.5) is 0 Å². The topological polar surface area (TPSA) is 43.3 Å². The molecule has 1 aromatic rings. The maximum Gasteiger partial charge on any atom is 0.193 e. The highest BCUT2D eigenvalue weighted by Crippen LogP contribution is 2.25. The fraction of sp³-hybridized carbons (Fsp3) is 0.696. The highest BCUT2D eigenvalue weighted by Gasteiger charge is 2.31. The van der Waals surface area contributed by atoms with Gasteiger partial charge >= 0.3 is 0 Å². The Bertz CT molecular complexity index is 671. The first-order valence-corrected chi connectivity index (χ1v) is 11.3. The Morgan fingerprint density at radius 2 is 1.80 bits per heavy atom. The van der Waals surface area contributed by atoms with Crippen molar-refractivity contribution in [3.05, 3.63) is 35.4 Å². The average Bonchev–Trinajstić information content (AvgIpc) is 3.46. The first-order chi connectivity index (χ1) is 14.2. The number of aliphatic imine (C=N–C) groups is 1. The fourth-order valence-corrected chi connectivity index (χ4v) is 4.99. The quantitative estimate of drug-likeness (QED) is 0.363. The number of rotatable bonds is 5. The molecule has 168 valence electrons. The zero-order valence-electron chi connectivity index (χ0n) is 18.6. The number of likely N-dealkylation sites (tertiary alicyclic amines) is 2. The summed E-state index contributed by atoms with van der Waals surface area (Å²) in [4.78, 5) is 12.3. The van der Waals surface area contributed by atoms with Gasteiger partial charge < -0.3 is 15.0 Å². The molecule has 0 aliphatic carbocycles. The van der Waals surface area contributed by atoms with Gasteiger partial charge in [0.15, 0.2) is 5.96 Å². The van der Waals surface area contributed by atoms with Crippen molar-refractivity contribution in [1.29, 1.82) is 0 Å². The van der Waals surface area contributed by atoms with Gasteiger partial charge in [-0.05, 0) is 44.8 Å². The van der Waals surface area contributed by atoms with Crippen molar-refractivity contribution in [1.82, 2.24) is 20.0 Å². The van der Waals surface area contributed by atoms with Crippen LogP contribution in [0.3, 0.4) is 0 Å². The molecule has 3 aliphatic rings. The molecular weight excluding hydrogens is 489 g/mol. The number of ether oxygens (including phenoxy) is 1. The largest absolute Gasteiger partial charge is 0.379 e. The number of guanidine groups is 1. The van der Waals surface area contributed by atoms with Gasteiger partial charge in [-0.3, -0.25) is 14.8 Å². The molecule has 3 fully saturated rings. The van der Waals surface area contributed by atoms with Crippen molar-refractivity contribution in [2.75, 3.05) is 66.1 Å². The normalized spacial score (nSPS) is 24.7. The van der Waals surface area contributed by atoms with Gasteiger partial charge in [-0.25, -0.2) is 0 Å². The first kappa shape index (κ1) is 23.8. The van der Waals surface area contributed by atoms with Gasteiger partial charge in [-0.1, -0.05) is 29.8 Å². The Morgan fingerprint density at radius 1 is 1.10 bits per heavy atom. The lowest BCUT2D eigenvalue weighted by Crippen LogP contribution is -2.47. The Morgan fingerprint density at radius 3 is 2.47 bits per heavy atom. The second kappa shape index (κ2) is 11.6. The molecule has 0 saturated carbocycles. The van der Waals surface area contributed by atoms with Crippen LogP contribution in [0.2, 0.25) is 0 Å². The zero-order chi connectivity index (χ0) is 20.1. The number of hydrogen-bond donors (Lipinski definition) is 1. The monoisotopic (exact) mass is 527 g/mol. The Hall–Kier alpha value is -0.900. The van der Waals surface area contributed by atoms with Gasteiger partial charge in [-0.15, -0.1) is 24.0 Å². The van der Waals surface area contributed by atoms with E-state index >= 15 is 0 Å². The second-order valence-corrected chi connectivity index (χ2v) is 8.63. The van der Waals surface area contributed by atoms with Gasteiger partial charge in [0.25, 0.3) is 0 Å². The highest BCUT2D eigenvalue weighted by atomic mass is 127. The Labute approximate surface area is 199 Å². The molecule has 30 heavy (non-hydrogen) atoms. The van der Waals surface area contributed by atoms with Gasteiger partial charge in [0.05, 0.1) is 19.3 Å². The summed E-state index contributed by atoms with van der Waals surface area (Å²) in [6, 6.07) is 10.1. The van der Waals surface area contributed by atoms with Crippen LogP contribution in [-0.4, -0.2) is 92.8 Å². The molecule has 2 atom stereocenters. The number of nitrogens with zero attached hydrogens (tertiary/aromatic N) is 4. The van der Waals surface area contributed by atoms with Crippen LogP contribution in [0.15, 0.2) is 29.3 Å². The lowest BCUT2D eigenvalue weighted by Gasteiger charge is -2.33. The lowest BCUT2D eigenvalue weighted by molar-refractivity contribution is 0.0194. The van der Waals surface area contributed by atoms with E-state index in [4.69, 9.17) is 4.74 Å². The van der Waals surface area contributed by atoms with Crippen LogP contribution >= 0.6 is 24.0 Å². The number of halogens is 1. The number of aryl methyl sites for hydroxylation is 1. The summed E-state index contributed by atoms with van der Waals surface area (Å²) in [6.45, 7) is 11.5. The Kier molecular flexibility index (Phi) is 9.22. The molecule has 0 amide bonds. The Balaban J connectivity index is 0.00000256. The summed E-state index contributed by atoms with van der Waals surface area (Å²) < 4.78 is 5.52. The van der Waals surface area contributed by atoms with Crippen LogP contribution in [0, 0.1) is 6.92 Å². The first-order valence-electron chi connectivity index (χ1n) is 11.3. The van der Waals surface area contributed by atoms with Crippen LogP contribution in [-0.2, 0) is 4.74 Å².